The molecule has 0 aliphatic heterocycles. The van der Waals surface area contributed by atoms with Crippen LogP contribution in [0.2, 0.25) is 0 Å². The monoisotopic (exact) mass is 257 g/mol. The van der Waals surface area contributed by atoms with Gasteiger partial charge in [0.1, 0.15) is 12.4 Å². The van der Waals surface area contributed by atoms with E-state index in [9.17, 15) is 9.59 Å². The molecule has 2 aromatic rings. The van der Waals surface area contributed by atoms with Crippen molar-refractivity contribution in [1.82, 2.24) is 4.57 Å². The van der Waals surface area contributed by atoms with Gasteiger partial charge in [-0.1, -0.05) is 18.2 Å². The fourth-order valence-electron chi connectivity index (χ4n) is 1.78. The lowest BCUT2D eigenvalue weighted by Gasteiger charge is -2.10. The normalized spacial score (nSPS) is 10.2. The predicted octanol–water partition coefficient (Wildman–Crippen LogP) is 2.13. The Hall–Kier alpha value is -2.36. The summed E-state index contributed by atoms with van der Waals surface area (Å²) in [5, 5.41) is 0. The van der Waals surface area contributed by atoms with E-state index in [1.165, 1.54) is 13.0 Å². The summed E-state index contributed by atoms with van der Waals surface area (Å²) in [5.41, 5.74) is 0.494. The molecule has 0 fully saturated rings. The van der Waals surface area contributed by atoms with Gasteiger partial charge in [-0.3, -0.25) is 9.59 Å². The zero-order valence-corrected chi connectivity index (χ0v) is 10.7. The minimum Gasteiger partial charge on any atom is -0.491 e. The number of ketones is 1. The number of nitrogens with zero attached hydrogens (tertiary/aromatic N) is 1. The Bertz CT molecular complexity index is 631. The fourth-order valence-corrected chi connectivity index (χ4v) is 1.78. The average molecular weight is 257 g/mol. The zero-order valence-electron chi connectivity index (χ0n) is 10.7. The maximum absolute atomic E-state index is 11.5. The third kappa shape index (κ3) is 3.31. The first-order valence-corrected chi connectivity index (χ1v) is 6.07. The largest absolute Gasteiger partial charge is 0.491 e. The summed E-state index contributed by atoms with van der Waals surface area (Å²) in [7, 11) is 0. The molecular formula is C15H15NO3. The minimum atomic E-state index is -0.0639. The lowest BCUT2D eigenvalue weighted by Crippen LogP contribution is -2.21. The van der Waals surface area contributed by atoms with Crippen LogP contribution in [-0.2, 0) is 6.54 Å². The van der Waals surface area contributed by atoms with Crippen molar-refractivity contribution in [3.8, 4) is 5.75 Å². The highest BCUT2D eigenvalue weighted by Crippen LogP contribution is 2.18. The summed E-state index contributed by atoms with van der Waals surface area (Å²) in [6, 6.07) is 12.1. The molecule has 0 saturated heterocycles. The Kier molecular flexibility index (Phi) is 4.13. The molecule has 19 heavy (non-hydrogen) atoms. The van der Waals surface area contributed by atoms with E-state index in [0.717, 1.165) is 0 Å². The second-order valence-corrected chi connectivity index (χ2v) is 4.13. The van der Waals surface area contributed by atoms with Crippen LogP contribution in [0.4, 0.5) is 0 Å². The summed E-state index contributed by atoms with van der Waals surface area (Å²) in [5.74, 6) is 0.520. The van der Waals surface area contributed by atoms with Crippen LogP contribution in [0, 0.1) is 0 Å². The van der Waals surface area contributed by atoms with Gasteiger partial charge in [0.25, 0.3) is 5.56 Å². The van der Waals surface area contributed by atoms with E-state index in [1.54, 1.807) is 41.1 Å². The maximum Gasteiger partial charge on any atom is 0.250 e. The molecule has 98 valence electrons. The van der Waals surface area contributed by atoms with Crippen molar-refractivity contribution in [2.45, 2.75) is 13.5 Å². The number of carbonyl (C=O) groups is 1. The van der Waals surface area contributed by atoms with Gasteiger partial charge in [0.15, 0.2) is 5.78 Å². The molecule has 0 N–H and O–H groups in total. The first-order valence-electron chi connectivity index (χ1n) is 6.07. The van der Waals surface area contributed by atoms with Gasteiger partial charge in [-0.2, -0.15) is 0 Å². The Morgan fingerprint density at radius 1 is 1.16 bits per heavy atom. The predicted molar refractivity (Wildman–Crippen MR) is 72.6 cm³/mol. The highest BCUT2D eigenvalue weighted by molar-refractivity contribution is 5.96. The fraction of sp³-hybridized carbons (Fsp3) is 0.200. The van der Waals surface area contributed by atoms with Gasteiger partial charge in [0.05, 0.1) is 12.1 Å². The number of carbonyl (C=O) groups excluding carboxylic acids is 1. The van der Waals surface area contributed by atoms with Gasteiger partial charge in [0, 0.05) is 12.3 Å². The standard InChI is InChI=1S/C15H15NO3/c1-12(17)13-6-2-3-7-14(13)19-11-10-16-9-5-4-8-15(16)18/h2-9H,10-11H2,1H3. The number of hydrogen-bond donors (Lipinski definition) is 0. The number of benzene rings is 1. The Morgan fingerprint density at radius 3 is 2.63 bits per heavy atom. The van der Waals surface area contributed by atoms with Crippen molar-refractivity contribution in [3.63, 3.8) is 0 Å². The molecule has 2 rings (SSSR count). The minimum absolute atomic E-state index is 0.0347. The molecule has 4 nitrogen and oxygen atoms in total. The molecule has 0 saturated carbocycles. The number of aromatic nitrogens is 1. The summed E-state index contributed by atoms with van der Waals surface area (Å²) < 4.78 is 7.14. The van der Waals surface area contributed by atoms with Gasteiger partial charge in [0.2, 0.25) is 0 Å². The molecule has 0 aliphatic carbocycles. The first kappa shape index (κ1) is 13.1. The van der Waals surface area contributed by atoms with Crippen LogP contribution >= 0.6 is 0 Å². The van der Waals surface area contributed by atoms with E-state index in [-0.39, 0.29) is 11.3 Å². The number of para-hydroxylation sites is 1. The van der Waals surface area contributed by atoms with Crippen molar-refractivity contribution in [2.24, 2.45) is 0 Å². The van der Waals surface area contributed by atoms with Gasteiger partial charge < -0.3 is 9.30 Å². The summed E-state index contributed by atoms with van der Waals surface area (Å²) in [4.78, 5) is 22.9. The molecule has 1 heterocycles. The lowest BCUT2D eigenvalue weighted by molar-refractivity contribution is 0.101. The second-order valence-electron chi connectivity index (χ2n) is 4.13. The van der Waals surface area contributed by atoms with E-state index < -0.39 is 0 Å². The average Bonchev–Trinajstić information content (AvgIpc) is 2.41. The van der Waals surface area contributed by atoms with Crippen LogP contribution in [0.1, 0.15) is 17.3 Å². The van der Waals surface area contributed by atoms with E-state index >= 15 is 0 Å². The number of Topliss-reactive ketones (excluding diaryl/α,β-unsaturated/α-hetero) is 1. The highest BCUT2D eigenvalue weighted by atomic mass is 16.5. The molecular weight excluding hydrogens is 242 g/mol. The Labute approximate surface area is 111 Å². The molecule has 0 atom stereocenters. The lowest BCUT2D eigenvalue weighted by atomic mass is 10.1. The van der Waals surface area contributed by atoms with Gasteiger partial charge in [-0.15, -0.1) is 0 Å². The van der Waals surface area contributed by atoms with Gasteiger partial charge in [-0.25, -0.2) is 0 Å². The molecule has 0 amide bonds. The first-order chi connectivity index (χ1) is 9.18. The highest BCUT2D eigenvalue weighted by Gasteiger charge is 2.06. The van der Waals surface area contributed by atoms with Crippen molar-refractivity contribution in [3.05, 3.63) is 64.6 Å². The van der Waals surface area contributed by atoms with Crippen LogP contribution in [-0.4, -0.2) is 17.0 Å². The molecule has 1 aromatic carbocycles. The molecule has 0 aliphatic rings. The number of pyridine rings is 1. The van der Waals surface area contributed by atoms with Crippen molar-refractivity contribution < 1.29 is 9.53 Å². The molecule has 0 unspecified atom stereocenters. The van der Waals surface area contributed by atoms with Crippen LogP contribution in [0.15, 0.2) is 53.5 Å². The third-order valence-corrected chi connectivity index (χ3v) is 2.76. The van der Waals surface area contributed by atoms with E-state index in [2.05, 4.69) is 0 Å². The molecule has 1 aromatic heterocycles. The van der Waals surface area contributed by atoms with Crippen LogP contribution < -0.4 is 10.3 Å². The number of hydrogen-bond acceptors (Lipinski definition) is 3. The number of rotatable bonds is 5. The van der Waals surface area contributed by atoms with Crippen LogP contribution in [0.3, 0.4) is 0 Å². The van der Waals surface area contributed by atoms with Crippen molar-refractivity contribution in [2.75, 3.05) is 6.61 Å². The van der Waals surface area contributed by atoms with Crippen molar-refractivity contribution in [1.29, 1.82) is 0 Å². The maximum atomic E-state index is 11.5. The molecule has 0 spiro atoms. The number of ether oxygens (including phenoxy) is 1. The quantitative estimate of drug-likeness (QED) is 0.771. The Morgan fingerprint density at radius 2 is 1.89 bits per heavy atom. The van der Waals surface area contributed by atoms with Crippen LogP contribution in [0.25, 0.3) is 0 Å². The molecule has 4 heteroatoms. The SMILES string of the molecule is CC(=O)c1ccccc1OCCn1ccccc1=O. The van der Waals surface area contributed by atoms with E-state index in [4.69, 9.17) is 4.74 Å². The van der Waals surface area contributed by atoms with E-state index in [1.807, 2.05) is 6.07 Å². The molecule has 0 bridgehead atoms. The zero-order chi connectivity index (χ0) is 13.7. The Balaban J connectivity index is 2.02. The third-order valence-electron chi connectivity index (χ3n) is 2.76. The smallest absolute Gasteiger partial charge is 0.250 e. The summed E-state index contributed by atoms with van der Waals surface area (Å²) in [6.07, 6.45) is 1.71. The topological polar surface area (TPSA) is 48.3 Å². The second kappa shape index (κ2) is 6.00. The van der Waals surface area contributed by atoms with Crippen molar-refractivity contribution >= 4 is 5.78 Å². The van der Waals surface area contributed by atoms with Crippen LogP contribution in [0.5, 0.6) is 5.75 Å². The summed E-state index contributed by atoms with van der Waals surface area (Å²) >= 11 is 0. The molecule has 0 radical (unpaired) electrons. The summed E-state index contributed by atoms with van der Waals surface area (Å²) in [6.45, 7) is 2.30. The van der Waals surface area contributed by atoms with E-state index in [0.29, 0.717) is 24.5 Å². The van der Waals surface area contributed by atoms with Gasteiger partial charge in [-0.05, 0) is 25.1 Å². The van der Waals surface area contributed by atoms with Gasteiger partial charge >= 0.3 is 0 Å².